The van der Waals surface area contributed by atoms with Crippen LogP contribution >= 0.6 is 0 Å². The molecule has 0 spiro atoms. The van der Waals surface area contributed by atoms with Crippen LogP contribution in [0.3, 0.4) is 0 Å². The summed E-state index contributed by atoms with van der Waals surface area (Å²) in [5, 5.41) is 0. The number of rotatable bonds is 7. The molecule has 2 aromatic rings. The Morgan fingerprint density at radius 2 is 1.78 bits per heavy atom. The molecule has 0 aliphatic carbocycles. The zero-order valence-corrected chi connectivity index (χ0v) is 13.1. The number of hydrogen-bond acceptors (Lipinski definition) is 2. The number of benzene rings is 2. The number of ether oxygens (including phenoxy) is 2. The molecule has 2 aromatic carbocycles. The van der Waals surface area contributed by atoms with Gasteiger partial charge in [0, 0.05) is 6.07 Å². The number of halogens is 1. The molecule has 23 heavy (non-hydrogen) atoms. The Balaban J connectivity index is 1.97. The first kappa shape index (κ1) is 16.6. The standard InChI is InChI=1S/C20H19FO2/c1-15(2)10-11-16(3)23-20-9-5-8-19(13-20)22-14-17-6-4-7-18(21)12-17/h4-13H,1,3,14H2,2H3/b11-10-. The van der Waals surface area contributed by atoms with E-state index in [2.05, 4.69) is 13.2 Å². The minimum absolute atomic E-state index is 0.274. The molecule has 0 amide bonds. The Morgan fingerprint density at radius 3 is 2.52 bits per heavy atom. The van der Waals surface area contributed by atoms with E-state index in [9.17, 15) is 4.39 Å². The van der Waals surface area contributed by atoms with E-state index in [1.165, 1.54) is 12.1 Å². The fourth-order valence-electron chi connectivity index (χ4n) is 1.84. The van der Waals surface area contributed by atoms with Crippen LogP contribution in [0.4, 0.5) is 4.39 Å². The average molecular weight is 310 g/mol. The third-order valence-electron chi connectivity index (χ3n) is 2.90. The lowest BCUT2D eigenvalue weighted by atomic mass is 10.2. The summed E-state index contributed by atoms with van der Waals surface area (Å²) in [5.41, 5.74) is 1.69. The second kappa shape index (κ2) is 7.99. The van der Waals surface area contributed by atoms with Crippen molar-refractivity contribution in [2.45, 2.75) is 13.5 Å². The first-order valence-corrected chi connectivity index (χ1v) is 7.20. The van der Waals surface area contributed by atoms with Crippen molar-refractivity contribution in [1.82, 2.24) is 0 Å². The largest absolute Gasteiger partial charge is 0.489 e. The number of hydrogen-bond donors (Lipinski definition) is 0. The molecular formula is C20H19FO2. The molecule has 118 valence electrons. The van der Waals surface area contributed by atoms with Gasteiger partial charge in [0.25, 0.3) is 0 Å². The van der Waals surface area contributed by atoms with E-state index < -0.39 is 0 Å². The van der Waals surface area contributed by atoms with Crippen LogP contribution in [0.5, 0.6) is 11.5 Å². The van der Waals surface area contributed by atoms with Crippen molar-refractivity contribution < 1.29 is 13.9 Å². The van der Waals surface area contributed by atoms with Crippen LogP contribution in [0, 0.1) is 5.82 Å². The Hall–Kier alpha value is -2.81. The first-order valence-electron chi connectivity index (χ1n) is 7.20. The number of allylic oxidation sites excluding steroid dienone is 3. The molecule has 2 rings (SSSR count). The maximum Gasteiger partial charge on any atom is 0.131 e. The molecule has 2 nitrogen and oxygen atoms in total. The van der Waals surface area contributed by atoms with E-state index in [4.69, 9.17) is 9.47 Å². The summed E-state index contributed by atoms with van der Waals surface area (Å²) in [6.07, 6.45) is 3.58. The van der Waals surface area contributed by atoms with Gasteiger partial charge in [-0.25, -0.2) is 4.39 Å². The molecule has 0 saturated carbocycles. The SMILES string of the molecule is C=C(C)/C=C\C(=C)Oc1cccc(OCc2cccc(F)c2)c1. The van der Waals surface area contributed by atoms with Gasteiger partial charge < -0.3 is 9.47 Å². The van der Waals surface area contributed by atoms with Crippen molar-refractivity contribution in [3.8, 4) is 11.5 Å². The van der Waals surface area contributed by atoms with Crippen molar-refractivity contribution in [1.29, 1.82) is 0 Å². The summed E-state index contributed by atoms with van der Waals surface area (Å²) in [6, 6.07) is 13.5. The van der Waals surface area contributed by atoms with Crippen LogP contribution in [0.15, 0.2) is 85.2 Å². The van der Waals surface area contributed by atoms with E-state index in [1.54, 1.807) is 18.2 Å². The van der Waals surface area contributed by atoms with Crippen LogP contribution in [0.1, 0.15) is 12.5 Å². The van der Waals surface area contributed by atoms with Crippen LogP contribution < -0.4 is 9.47 Å². The van der Waals surface area contributed by atoms with Gasteiger partial charge in [0.15, 0.2) is 0 Å². The van der Waals surface area contributed by atoms with Crippen LogP contribution in [0.2, 0.25) is 0 Å². The van der Waals surface area contributed by atoms with Gasteiger partial charge in [0.1, 0.15) is 29.7 Å². The lowest BCUT2D eigenvalue weighted by Gasteiger charge is -2.09. The molecular weight excluding hydrogens is 291 g/mol. The van der Waals surface area contributed by atoms with Crippen LogP contribution in [-0.2, 0) is 6.61 Å². The van der Waals surface area contributed by atoms with E-state index in [1.807, 2.05) is 37.3 Å². The summed E-state index contributed by atoms with van der Waals surface area (Å²) >= 11 is 0. The smallest absolute Gasteiger partial charge is 0.131 e. The topological polar surface area (TPSA) is 18.5 Å². The normalized spacial score (nSPS) is 10.5. The summed E-state index contributed by atoms with van der Waals surface area (Å²) in [4.78, 5) is 0. The molecule has 0 saturated heterocycles. The zero-order chi connectivity index (χ0) is 16.7. The average Bonchev–Trinajstić information content (AvgIpc) is 2.51. The third-order valence-corrected chi connectivity index (χ3v) is 2.90. The van der Waals surface area contributed by atoms with Gasteiger partial charge in [0.2, 0.25) is 0 Å². The molecule has 0 radical (unpaired) electrons. The lowest BCUT2D eigenvalue weighted by Crippen LogP contribution is -1.96. The highest BCUT2D eigenvalue weighted by Gasteiger charge is 2.01. The lowest BCUT2D eigenvalue weighted by molar-refractivity contribution is 0.303. The summed E-state index contributed by atoms with van der Waals surface area (Å²) < 4.78 is 24.4. The van der Waals surface area contributed by atoms with Crippen molar-refractivity contribution in [2.24, 2.45) is 0 Å². The van der Waals surface area contributed by atoms with Gasteiger partial charge in [-0.3, -0.25) is 0 Å². The maximum absolute atomic E-state index is 13.1. The highest BCUT2D eigenvalue weighted by Crippen LogP contribution is 2.22. The second-order valence-corrected chi connectivity index (χ2v) is 5.14. The Morgan fingerprint density at radius 1 is 1.04 bits per heavy atom. The summed E-state index contributed by atoms with van der Waals surface area (Å²) in [7, 11) is 0. The fourth-order valence-corrected chi connectivity index (χ4v) is 1.84. The monoisotopic (exact) mass is 310 g/mol. The predicted octanol–water partition coefficient (Wildman–Crippen LogP) is 5.43. The zero-order valence-electron chi connectivity index (χ0n) is 13.1. The molecule has 0 aliphatic heterocycles. The third kappa shape index (κ3) is 5.83. The van der Waals surface area contributed by atoms with Crippen molar-refractivity contribution in [2.75, 3.05) is 0 Å². The second-order valence-electron chi connectivity index (χ2n) is 5.14. The van der Waals surface area contributed by atoms with Gasteiger partial charge in [-0.2, -0.15) is 0 Å². The molecule has 0 bridgehead atoms. The minimum atomic E-state index is -0.274. The van der Waals surface area contributed by atoms with E-state index in [0.29, 0.717) is 17.3 Å². The van der Waals surface area contributed by atoms with E-state index in [0.717, 1.165) is 11.1 Å². The fraction of sp³-hybridized carbons (Fsp3) is 0.100. The Bertz CT molecular complexity index is 732. The molecule has 0 atom stereocenters. The van der Waals surface area contributed by atoms with Crippen LogP contribution in [0.25, 0.3) is 0 Å². The Labute approximate surface area is 136 Å². The molecule has 0 N–H and O–H groups in total. The Kier molecular flexibility index (Phi) is 5.75. The van der Waals surface area contributed by atoms with Gasteiger partial charge in [-0.1, -0.05) is 43.0 Å². The molecule has 0 fully saturated rings. The van der Waals surface area contributed by atoms with Crippen molar-refractivity contribution in [3.63, 3.8) is 0 Å². The van der Waals surface area contributed by atoms with Crippen LogP contribution in [-0.4, -0.2) is 0 Å². The van der Waals surface area contributed by atoms with Crippen molar-refractivity contribution in [3.05, 3.63) is 96.6 Å². The first-order chi connectivity index (χ1) is 11.0. The molecule has 0 heterocycles. The molecule has 3 heteroatoms. The quantitative estimate of drug-likeness (QED) is 0.501. The van der Waals surface area contributed by atoms with E-state index >= 15 is 0 Å². The highest BCUT2D eigenvalue weighted by atomic mass is 19.1. The van der Waals surface area contributed by atoms with Gasteiger partial charge >= 0.3 is 0 Å². The molecule has 0 aromatic heterocycles. The minimum Gasteiger partial charge on any atom is -0.489 e. The maximum atomic E-state index is 13.1. The predicted molar refractivity (Wildman–Crippen MR) is 90.9 cm³/mol. The molecule has 0 aliphatic rings. The van der Waals surface area contributed by atoms with E-state index in [-0.39, 0.29) is 12.4 Å². The van der Waals surface area contributed by atoms with Gasteiger partial charge in [-0.05, 0) is 42.8 Å². The summed E-state index contributed by atoms with van der Waals surface area (Å²) in [6.45, 7) is 9.78. The molecule has 0 unspecified atom stereocenters. The highest BCUT2D eigenvalue weighted by molar-refractivity contribution is 5.35. The summed E-state index contributed by atoms with van der Waals surface area (Å²) in [5.74, 6) is 1.50. The van der Waals surface area contributed by atoms with Crippen molar-refractivity contribution >= 4 is 0 Å². The van der Waals surface area contributed by atoms with Gasteiger partial charge in [-0.15, -0.1) is 0 Å². The van der Waals surface area contributed by atoms with Gasteiger partial charge in [0.05, 0.1) is 0 Å².